The van der Waals surface area contributed by atoms with Gasteiger partial charge in [0.15, 0.2) is 5.96 Å². The zero-order chi connectivity index (χ0) is 16.1. The number of hydrogen-bond donors (Lipinski definition) is 2. The number of halogens is 1. The van der Waals surface area contributed by atoms with E-state index < -0.39 is 0 Å². The number of aliphatic imine (C=N–C) groups is 1. The Kier molecular flexibility index (Phi) is 7.55. The fourth-order valence-electron chi connectivity index (χ4n) is 2.91. The molecule has 3 rings (SSSR count). The number of thiophene rings is 1. The van der Waals surface area contributed by atoms with E-state index in [0.717, 1.165) is 18.9 Å². The quantitative estimate of drug-likeness (QED) is 0.388. The molecular weight excluding hydrogens is 429 g/mol. The maximum Gasteiger partial charge on any atom is 0.191 e. The molecule has 1 aromatic heterocycles. The molecule has 1 heterocycles. The van der Waals surface area contributed by atoms with Crippen LogP contribution in [0.5, 0.6) is 0 Å². The summed E-state index contributed by atoms with van der Waals surface area (Å²) in [6.45, 7) is 3.23. The molecular formula is C19H26IN3S. The van der Waals surface area contributed by atoms with Crippen LogP contribution < -0.4 is 10.6 Å². The van der Waals surface area contributed by atoms with Gasteiger partial charge in [0.25, 0.3) is 0 Å². The zero-order valence-corrected chi connectivity index (χ0v) is 17.4. The second-order valence-electron chi connectivity index (χ2n) is 6.35. The number of rotatable bonds is 6. The Morgan fingerprint density at radius 1 is 1.25 bits per heavy atom. The monoisotopic (exact) mass is 455 g/mol. The van der Waals surface area contributed by atoms with Gasteiger partial charge in [-0.2, -0.15) is 0 Å². The molecule has 1 fully saturated rings. The average molecular weight is 455 g/mol. The maximum atomic E-state index is 4.36. The topological polar surface area (TPSA) is 36.4 Å². The fourth-order valence-corrected chi connectivity index (χ4v) is 3.78. The molecule has 1 aromatic carbocycles. The van der Waals surface area contributed by atoms with Gasteiger partial charge in [0.1, 0.15) is 0 Å². The van der Waals surface area contributed by atoms with Crippen LogP contribution in [0.15, 0.2) is 52.8 Å². The molecule has 0 spiro atoms. The second kappa shape index (κ2) is 9.42. The second-order valence-corrected chi connectivity index (χ2v) is 7.38. The molecule has 0 radical (unpaired) electrons. The van der Waals surface area contributed by atoms with Crippen molar-refractivity contribution in [2.45, 2.75) is 31.7 Å². The van der Waals surface area contributed by atoms with Crippen LogP contribution in [0, 0.1) is 5.92 Å². The van der Waals surface area contributed by atoms with Crippen molar-refractivity contribution in [2.75, 3.05) is 13.6 Å². The summed E-state index contributed by atoms with van der Waals surface area (Å²) in [6.07, 6.45) is 2.31. The Morgan fingerprint density at radius 2 is 2.04 bits per heavy atom. The molecule has 5 heteroatoms. The Balaban J connectivity index is 0.00000208. The van der Waals surface area contributed by atoms with Crippen LogP contribution in [0.4, 0.5) is 0 Å². The molecule has 1 aliphatic rings. The van der Waals surface area contributed by atoms with Crippen molar-refractivity contribution in [3.05, 3.63) is 58.3 Å². The SMILES string of the molecule is CN=C(NCC(C)Cc1cccs1)NC1CC1c1ccccc1.I. The minimum Gasteiger partial charge on any atom is -0.356 e. The van der Waals surface area contributed by atoms with Gasteiger partial charge in [-0.3, -0.25) is 4.99 Å². The van der Waals surface area contributed by atoms with Gasteiger partial charge in [-0.05, 0) is 35.8 Å². The number of nitrogens with one attached hydrogen (secondary N) is 2. The van der Waals surface area contributed by atoms with Crippen LogP contribution in [0.1, 0.15) is 29.7 Å². The van der Waals surface area contributed by atoms with Gasteiger partial charge < -0.3 is 10.6 Å². The van der Waals surface area contributed by atoms with Crippen molar-refractivity contribution in [2.24, 2.45) is 10.9 Å². The first-order valence-electron chi connectivity index (χ1n) is 8.30. The molecule has 0 amide bonds. The lowest BCUT2D eigenvalue weighted by Crippen LogP contribution is -2.41. The highest BCUT2D eigenvalue weighted by Gasteiger charge is 2.38. The van der Waals surface area contributed by atoms with E-state index in [2.05, 4.69) is 70.4 Å². The maximum absolute atomic E-state index is 4.36. The molecule has 3 unspecified atom stereocenters. The van der Waals surface area contributed by atoms with Crippen molar-refractivity contribution < 1.29 is 0 Å². The van der Waals surface area contributed by atoms with E-state index in [4.69, 9.17) is 0 Å². The standard InChI is InChI=1S/C19H25N3S.HI/c1-14(11-16-9-6-10-23-16)13-21-19(20-2)22-18-12-17(18)15-7-4-3-5-8-15;/h3-10,14,17-18H,11-13H2,1-2H3,(H2,20,21,22);1H. The summed E-state index contributed by atoms with van der Waals surface area (Å²) >= 11 is 1.84. The lowest BCUT2D eigenvalue weighted by molar-refractivity contribution is 0.561. The van der Waals surface area contributed by atoms with E-state index in [1.54, 1.807) is 0 Å². The van der Waals surface area contributed by atoms with Gasteiger partial charge in [-0.1, -0.05) is 43.3 Å². The third-order valence-electron chi connectivity index (χ3n) is 4.31. The van der Waals surface area contributed by atoms with E-state index in [1.807, 2.05) is 18.4 Å². The van der Waals surface area contributed by atoms with Crippen molar-refractivity contribution in [1.29, 1.82) is 0 Å². The normalized spacial score (nSPS) is 20.8. The van der Waals surface area contributed by atoms with Crippen LogP contribution >= 0.6 is 35.3 Å². The largest absolute Gasteiger partial charge is 0.356 e. The predicted molar refractivity (Wildman–Crippen MR) is 115 cm³/mol. The van der Waals surface area contributed by atoms with Crippen molar-refractivity contribution in [3.8, 4) is 0 Å². The zero-order valence-electron chi connectivity index (χ0n) is 14.2. The lowest BCUT2D eigenvalue weighted by atomic mass is 10.1. The van der Waals surface area contributed by atoms with Crippen LogP contribution in [-0.4, -0.2) is 25.6 Å². The molecule has 2 aromatic rings. The molecule has 1 aliphatic carbocycles. The first-order chi connectivity index (χ1) is 11.3. The first kappa shape index (κ1) is 19.2. The third-order valence-corrected chi connectivity index (χ3v) is 5.21. The Bertz CT molecular complexity index is 627. The number of benzene rings is 1. The van der Waals surface area contributed by atoms with E-state index >= 15 is 0 Å². The predicted octanol–water partition coefficient (Wildman–Crippen LogP) is 4.27. The van der Waals surface area contributed by atoms with Gasteiger partial charge in [0.2, 0.25) is 0 Å². The smallest absolute Gasteiger partial charge is 0.191 e. The summed E-state index contributed by atoms with van der Waals surface area (Å²) in [6, 6.07) is 15.6. The first-order valence-corrected chi connectivity index (χ1v) is 9.18. The summed E-state index contributed by atoms with van der Waals surface area (Å²) in [5.74, 6) is 2.14. The van der Waals surface area contributed by atoms with Crippen LogP contribution in [-0.2, 0) is 6.42 Å². The minimum absolute atomic E-state index is 0. The highest BCUT2D eigenvalue weighted by molar-refractivity contribution is 14.0. The van der Waals surface area contributed by atoms with Gasteiger partial charge in [-0.15, -0.1) is 35.3 Å². The lowest BCUT2D eigenvalue weighted by Gasteiger charge is -2.15. The van der Waals surface area contributed by atoms with Crippen molar-refractivity contribution in [1.82, 2.24) is 10.6 Å². The number of hydrogen-bond acceptors (Lipinski definition) is 2. The third kappa shape index (κ3) is 5.48. The van der Waals surface area contributed by atoms with Crippen LogP contribution in [0.2, 0.25) is 0 Å². The van der Waals surface area contributed by atoms with E-state index in [1.165, 1.54) is 16.9 Å². The summed E-state index contributed by atoms with van der Waals surface area (Å²) in [5.41, 5.74) is 1.42. The Labute approximate surface area is 166 Å². The molecule has 0 aliphatic heterocycles. The molecule has 0 saturated heterocycles. The molecule has 130 valence electrons. The fraction of sp³-hybridized carbons (Fsp3) is 0.421. The highest BCUT2D eigenvalue weighted by Crippen LogP contribution is 2.40. The van der Waals surface area contributed by atoms with Gasteiger partial charge >= 0.3 is 0 Å². The Hall–Kier alpha value is -1.08. The van der Waals surface area contributed by atoms with Crippen molar-refractivity contribution >= 4 is 41.3 Å². The minimum atomic E-state index is 0. The molecule has 24 heavy (non-hydrogen) atoms. The molecule has 3 atom stereocenters. The summed E-state index contributed by atoms with van der Waals surface area (Å²) < 4.78 is 0. The van der Waals surface area contributed by atoms with Gasteiger partial charge in [-0.25, -0.2) is 0 Å². The van der Waals surface area contributed by atoms with E-state index in [9.17, 15) is 0 Å². The molecule has 3 nitrogen and oxygen atoms in total. The number of nitrogens with zero attached hydrogens (tertiary/aromatic N) is 1. The molecule has 2 N–H and O–H groups in total. The van der Waals surface area contributed by atoms with Crippen LogP contribution in [0.25, 0.3) is 0 Å². The highest BCUT2D eigenvalue weighted by atomic mass is 127. The van der Waals surface area contributed by atoms with Gasteiger partial charge in [0, 0.05) is 30.4 Å². The summed E-state index contributed by atoms with van der Waals surface area (Å²) in [5, 5.41) is 9.16. The van der Waals surface area contributed by atoms with E-state index in [0.29, 0.717) is 17.9 Å². The number of guanidine groups is 1. The molecule has 1 saturated carbocycles. The van der Waals surface area contributed by atoms with E-state index in [-0.39, 0.29) is 24.0 Å². The van der Waals surface area contributed by atoms with Crippen LogP contribution in [0.3, 0.4) is 0 Å². The Morgan fingerprint density at radius 3 is 2.71 bits per heavy atom. The summed E-state index contributed by atoms with van der Waals surface area (Å²) in [7, 11) is 1.85. The average Bonchev–Trinajstić information content (AvgIpc) is 3.16. The summed E-state index contributed by atoms with van der Waals surface area (Å²) in [4.78, 5) is 5.81. The van der Waals surface area contributed by atoms with Gasteiger partial charge in [0.05, 0.1) is 0 Å². The molecule has 0 bridgehead atoms. The van der Waals surface area contributed by atoms with Crippen molar-refractivity contribution in [3.63, 3.8) is 0 Å².